The third-order valence-corrected chi connectivity index (χ3v) is 7.71. The van der Waals surface area contributed by atoms with Crippen molar-refractivity contribution in [3.63, 3.8) is 0 Å². The minimum atomic E-state index is 0.571. The summed E-state index contributed by atoms with van der Waals surface area (Å²) < 4.78 is 11.0. The van der Waals surface area contributed by atoms with Gasteiger partial charge >= 0.3 is 0 Å². The van der Waals surface area contributed by atoms with Crippen LogP contribution in [0.4, 0.5) is 11.4 Å². The number of hydrogen-bond donors (Lipinski definition) is 1. The fourth-order valence-electron chi connectivity index (χ4n) is 3.49. The minimum absolute atomic E-state index is 0.571. The van der Waals surface area contributed by atoms with Crippen LogP contribution in [0.15, 0.2) is 77.8 Å². The largest absolute Gasteiger partial charge is 0.359 e. The zero-order valence-electron chi connectivity index (χ0n) is 16.9. The molecule has 1 aromatic heterocycles. The normalized spacial score (nSPS) is 14.0. The molecule has 2 heterocycles. The predicted molar refractivity (Wildman–Crippen MR) is 139 cm³/mol. The molecule has 0 radical (unpaired) electrons. The maximum absolute atomic E-state index is 6.56. The van der Waals surface area contributed by atoms with Crippen LogP contribution in [0, 0.1) is 0 Å². The summed E-state index contributed by atoms with van der Waals surface area (Å²) in [5, 5.41) is 3.55. The van der Waals surface area contributed by atoms with Crippen molar-refractivity contribution in [2.75, 3.05) is 28.1 Å². The van der Waals surface area contributed by atoms with E-state index in [-0.39, 0.29) is 0 Å². The van der Waals surface area contributed by atoms with E-state index in [0.29, 0.717) is 16.8 Å². The molecule has 162 valence electrons. The maximum Gasteiger partial charge on any atom is 0.129 e. The third-order valence-electron chi connectivity index (χ3n) is 5.06. The molecule has 1 fully saturated rings. The number of rotatable bonds is 5. The lowest BCUT2D eigenvalue weighted by molar-refractivity contribution is 0.154. The van der Waals surface area contributed by atoms with Crippen LogP contribution in [0.3, 0.4) is 0 Å². The Morgan fingerprint density at radius 3 is 2.75 bits per heavy atom. The molecule has 0 atom stereocenters. The number of hydrogen-bond acceptors (Lipinski definition) is 6. The molecule has 1 aliphatic rings. The van der Waals surface area contributed by atoms with Gasteiger partial charge in [0.1, 0.15) is 6.73 Å². The van der Waals surface area contributed by atoms with Gasteiger partial charge in [0.2, 0.25) is 0 Å². The molecule has 1 aliphatic heterocycles. The van der Waals surface area contributed by atoms with Gasteiger partial charge in [0.15, 0.2) is 0 Å². The first kappa shape index (κ1) is 21.7. The topological polar surface area (TPSA) is 37.4 Å². The number of benzene rings is 3. The summed E-state index contributed by atoms with van der Waals surface area (Å²) in [5.74, 6) is 0.945. The first-order valence-corrected chi connectivity index (χ1v) is 12.5. The van der Waals surface area contributed by atoms with Crippen LogP contribution in [-0.2, 0) is 4.74 Å². The molecule has 0 spiro atoms. The van der Waals surface area contributed by atoms with Crippen molar-refractivity contribution in [2.24, 2.45) is 0 Å². The fraction of sp³-hybridized carbons (Fsp3) is 0.125. The number of nitrogens with zero attached hydrogens (tertiary/aromatic N) is 2. The number of halogens is 2. The average Bonchev–Trinajstić information content (AvgIpc) is 2.84. The summed E-state index contributed by atoms with van der Waals surface area (Å²) >= 11 is 16.3. The smallest absolute Gasteiger partial charge is 0.129 e. The molecule has 1 N–H and O–H groups in total. The molecule has 3 aromatic carbocycles. The Kier molecular flexibility index (Phi) is 6.67. The Bertz CT molecular complexity index is 1260. The van der Waals surface area contributed by atoms with Gasteiger partial charge in [-0.3, -0.25) is 9.29 Å². The number of fused-ring (bicyclic) bond motifs is 1. The molecule has 8 heteroatoms. The summed E-state index contributed by atoms with van der Waals surface area (Å²) in [4.78, 5) is 5.55. The van der Waals surface area contributed by atoms with E-state index in [9.17, 15) is 0 Å². The van der Waals surface area contributed by atoms with Gasteiger partial charge in [-0.2, -0.15) is 0 Å². The van der Waals surface area contributed by atoms with E-state index in [1.54, 1.807) is 11.9 Å². The molecule has 4 aromatic rings. The Labute approximate surface area is 205 Å². The van der Waals surface area contributed by atoms with Gasteiger partial charge in [-0.1, -0.05) is 47.5 Å². The number of aromatic nitrogens is 1. The van der Waals surface area contributed by atoms with Crippen LogP contribution in [-0.4, -0.2) is 24.1 Å². The Balaban J connectivity index is 1.37. The Morgan fingerprint density at radius 2 is 1.91 bits per heavy atom. The van der Waals surface area contributed by atoms with Crippen LogP contribution in [0.25, 0.3) is 22.0 Å². The number of nitrogens with one attached hydrogen (secondary N) is 1. The highest BCUT2D eigenvalue weighted by Gasteiger charge is 2.14. The van der Waals surface area contributed by atoms with Gasteiger partial charge in [-0.25, -0.2) is 0 Å². The Morgan fingerprint density at radius 1 is 1.00 bits per heavy atom. The van der Waals surface area contributed by atoms with Gasteiger partial charge in [0.05, 0.1) is 28.0 Å². The summed E-state index contributed by atoms with van der Waals surface area (Å²) in [6.45, 7) is 1.35. The lowest BCUT2D eigenvalue weighted by Crippen LogP contribution is -2.25. The van der Waals surface area contributed by atoms with E-state index in [4.69, 9.17) is 27.9 Å². The van der Waals surface area contributed by atoms with E-state index < -0.39 is 0 Å². The first-order valence-electron chi connectivity index (χ1n) is 10.0. The van der Waals surface area contributed by atoms with Crippen molar-refractivity contribution >= 4 is 69.2 Å². The number of anilines is 2. The predicted octanol–water partition coefficient (Wildman–Crippen LogP) is 7.77. The van der Waals surface area contributed by atoms with Crippen LogP contribution in [0.1, 0.15) is 0 Å². The molecule has 0 unspecified atom stereocenters. The van der Waals surface area contributed by atoms with E-state index in [1.807, 2.05) is 54.7 Å². The lowest BCUT2D eigenvalue weighted by atomic mass is 10.0. The zero-order chi connectivity index (χ0) is 21.9. The minimum Gasteiger partial charge on any atom is -0.359 e. The maximum atomic E-state index is 6.56. The molecule has 5 rings (SSSR count). The standard InChI is InChI=1S/C24H19Cl2N3OS2/c25-21-7-5-17(13-20(21)24-19-4-2-1-3-16(19)9-10-27-24)28-32-23-8-6-18(14-22(23)26)29-15-30-11-12-31-29/h1-10,13-14,28H,11-12,15H2. The molecule has 0 bridgehead atoms. The monoisotopic (exact) mass is 499 g/mol. The van der Waals surface area contributed by atoms with Crippen LogP contribution >= 0.6 is 47.1 Å². The van der Waals surface area contributed by atoms with Crippen molar-refractivity contribution in [1.82, 2.24) is 4.98 Å². The first-order chi connectivity index (χ1) is 15.7. The van der Waals surface area contributed by atoms with E-state index >= 15 is 0 Å². The molecule has 4 nitrogen and oxygen atoms in total. The molecule has 1 saturated heterocycles. The van der Waals surface area contributed by atoms with E-state index in [2.05, 4.69) is 32.2 Å². The SMILES string of the molecule is Clc1cc(N2COCCS2)ccc1SNc1ccc(Cl)c(-c2nccc3ccccc23)c1. The third kappa shape index (κ3) is 4.65. The molecule has 0 aliphatic carbocycles. The van der Waals surface area contributed by atoms with Gasteiger partial charge in [-0.05, 0) is 71.7 Å². The second-order valence-corrected chi connectivity index (χ2v) is 9.91. The molecule has 0 amide bonds. The fourth-order valence-corrected chi connectivity index (χ4v) is 5.46. The van der Waals surface area contributed by atoms with Gasteiger partial charge < -0.3 is 9.46 Å². The van der Waals surface area contributed by atoms with E-state index in [1.165, 1.54) is 11.9 Å². The van der Waals surface area contributed by atoms with Crippen LogP contribution < -0.4 is 9.03 Å². The summed E-state index contributed by atoms with van der Waals surface area (Å²) in [5.41, 5.74) is 3.71. The molecular weight excluding hydrogens is 481 g/mol. The second kappa shape index (κ2) is 9.81. The lowest BCUT2D eigenvalue weighted by Gasteiger charge is -2.27. The van der Waals surface area contributed by atoms with Crippen LogP contribution in [0.2, 0.25) is 10.0 Å². The van der Waals surface area contributed by atoms with Gasteiger partial charge in [-0.15, -0.1) is 0 Å². The summed E-state index contributed by atoms with van der Waals surface area (Å²) in [6.07, 6.45) is 1.82. The number of ether oxygens (including phenoxy) is 1. The zero-order valence-corrected chi connectivity index (χ0v) is 20.1. The van der Waals surface area contributed by atoms with Crippen molar-refractivity contribution in [3.8, 4) is 11.3 Å². The van der Waals surface area contributed by atoms with Crippen molar-refractivity contribution < 1.29 is 4.74 Å². The molecular formula is C24H19Cl2N3OS2. The van der Waals surface area contributed by atoms with Gasteiger partial charge in [0, 0.05) is 33.5 Å². The quantitative estimate of drug-likeness (QED) is 0.282. The van der Waals surface area contributed by atoms with Crippen molar-refractivity contribution in [3.05, 3.63) is 83.0 Å². The summed E-state index contributed by atoms with van der Waals surface area (Å²) in [7, 11) is 0. The second-order valence-electron chi connectivity index (χ2n) is 7.14. The highest BCUT2D eigenvalue weighted by molar-refractivity contribution is 8.01. The van der Waals surface area contributed by atoms with E-state index in [0.717, 1.165) is 50.7 Å². The van der Waals surface area contributed by atoms with Crippen molar-refractivity contribution in [1.29, 1.82) is 0 Å². The van der Waals surface area contributed by atoms with Gasteiger partial charge in [0.25, 0.3) is 0 Å². The highest BCUT2D eigenvalue weighted by atomic mass is 35.5. The van der Waals surface area contributed by atoms with Crippen LogP contribution in [0.5, 0.6) is 0 Å². The summed E-state index contributed by atoms with van der Waals surface area (Å²) in [6, 6.07) is 22.1. The Hall–Kier alpha value is -2.09. The molecule has 0 saturated carbocycles. The molecule has 32 heavy (non-hydrogen) atoms. The number of pyridine rings is 1. The highest BCUT2D eigenvalue weighted by Crippen LogP contribution is 2.37. The van der Waals surface area contributed by atoms with Crippen molar-refractivity contribution in [2.45, 2.75) is 4.90 Å². The average molecular weight is 500 g/mol.